The number of amides is 3. The first-order valence-electron chi connectivity index (χ1n) is 11.0. The van der Waals surface area contributed by atoms with Crippen molar-refractivity contribution in [2.24, 2.45) is 5.92 Å². The molecule has 0 radical (unpaired) electrons. The highest BCUT2D eigenvalue weighted by molar-refractivity contribution is 5.92. The molecule has 0 fully saturated rings. The van der Waals surface area contributed by atoms with Crippen LogP contribution < -0.4 is 10.6 Å². The molecule has 2 rings (SSSR count). The molecule has 2 aromatic rings. The van der Waals surface area contributed by atoms with Gasteiger partial charge in [-0.1, -0.05) is 63.4 Å². The molecule has 0 saturated heterocycles. The van der Waals surface area contributed by atoms with Crippen molar-refractivity contribution in [1.29, 1.82) is 0 Å². The van der Waals surface area contributed by atoms with E-state index in [9.17, 15) is 14.4 Å². The van der Waals surface area contributed by atoms with E-state index in [0.717, 1.165) is 24.8 Å². The molecule has 174 valence electrons. The summed E-state index contributed by atoms with van der Waals surface area (Å²) < 4.78 is 5.63. The zero-order valence-electron chi connectivity index (χ0n) is 19.0. The Morgan fingerprint density at radius 3 is 2.47 bits per heavy atom. The van der Waals surface area contributed by atoms with Crippen molar-refractivity contribution in [3.63, 3.8) is 0 Å². The summed E-state index contributed by atoms with van der Waals surface area (Å²) in [6.07, 6.45) is 4.67. The zero-order valence-corrected chi connectivity index (χ0v) is 19.0. The van der Waals surface area contributed by atoms with Gasteiger partial charge in [-0.05, 0) is 25.0 Å². The lowest BCUT2D eigenvalue weighted by Gasteiger charge is -2.31. The Hall–Kier alpha value is -3.13. The third-order valence-corrected chi connectivity index (χ3v) is 5.38. The Bertz CT molecular complexity index is 852. The number of carbonyl (C=O) groups excluding carboxylic acids is 3. The maximum absolute atomic E-state index is 12.9. The van der Waals surface area contributed by atoms with Gasteiger partial charge in [-0.2, -0.15) is 0 Å². The summed E-state index contributed by atoms with van der Waals surface area (Å²) in [5, 5.41) is 6.59. The van der Waals surface area contributed by atoms with Crippen molar-refractivity contribution >= 4 is 18.2 Å². The summed E-state index contributed by atoms with van der Waals surface area (Å²) in [5.41, 5.74) is 0.873. The summed E-state index contributed by atoms with van der Waals surface area (Å²) >= 11 is 0. The van der Waals surface area contributed by atoms with Crippen LogP contribution in [0.5, 0.6) is 0 Å². The number of unbranched alkanes of at least 4 members (excludes halogenated alkanes) is 2. The number of furan rings is 1. The second kappa shape index (κ2) is 13.3. The van der Waals surface area contributed by atoms with Gasteiger partial charge in [-0.3, -0.25) is 19.2 Å². The largest absolute Gasteiger partial charge is 0.451 e. The van der Waals surface area contributed by atoms with Gasteiger partial charge in [0.05, 0.1) is 25.7 Å². The quantitative estimate of drug-likeness (QED) is 0.200. The van der Waals surface area contributed by atoms with Gasteiger partial charge < -0.3 is 15.1 Å². The standard InChI is InChI=1S/C24H33N3O5/c1-4-6-8-13-19(20(5-2)27(17-28)31-3)23(29)25-16-26-24(30)22-15-14-21(32-22)18-11-9-7-10-12-18/h7,9-12,14-15,17,19-20H,4-6,8,13,16H2,1-3H3,(H,25,29)(H,26,30). The average molecular weight is 444 g/mol. The molecule has 1 heterocycles. The minimum Gasteiger partial charge on any atom is -0.451 e. The van der Waals surface area contributed by atoms with E-state index in [1.807, 2.05) is 37.3 Å². The number of hydrogen-bond donors (Lipinski definition) is 2. The molecule has 0 aliphatic carbocycles. The maximum atomic E-state index is 12.9. The average Bonchev–Trinajstić information content (AvgIpc) is 3.32. The van der Waals surface area contributed by atoms with E-state index in [-0.39, 0.29) is 24.4 Å². The van der Waals surface area contributed by atoms with Crippen molar-refractivity contribution in [2.45, 2.75) is 52.0 Å². The van der Waals surface area contributed by atoms with Crippen molar-refractivity contribution in [3.8, 4) is 11.3 Å². The molecule has 0 spiro atoms. The van der Waals surface area contributed by atoms with Gasteiger partial charge in [0.15, 0.2) is 5.76 Å². The van der Waals surface area contributed by atoms with Gasteiger partial charge in [0.25, 0.3) is 5.91 Å². The second-order valence-corrected chi connectivity index (χ2v) is 7.48. The van der Waals surface area contributed by atoms with Crippen molar-refractivity contribution < 1.29 is 23.6 Å². The predicted molar refractivity (Wildman–Crippen MR) is 121 cm³/mol. The lowest BCUT2D eigenvalue weighted by molar-refractivity contribution is -0.181. The van der Waals surface area contributed by atoms with E-state index in [2.05, 4.69) is 17.6 Å². The number of hydrogen-bond acceptors (Lipinski definition) is 5. The van der Waals surface area contributed by atoms with E-state index in [1.165, 1.54) is 12.2 Å². The van der Waals surface area contributed by atoms with E-state index < -0.39 is 11.8 Å². The fraction of sp³-hybridized carbons (Fsp3) is 0.458. The first-order valence-corrected chi connectivity index (χ1v) is 11.0. The predicted octanol–water partition coefficient (Wildman–Crippen LogP) is 3.75. The first-order chi connectivity index (χ1) is 15.5. The highest BCUT2D eigenvalue weighted by Crippen LogP contribution is 2.22. The molecule has 0 aliphatic rings. The molecule has 8 nitrogen and oxygen atoms in total. The summed E-state index contributed by atoms with van der Waals surface area (Å²) in [6, 6.07) is 12.4. The Morgan fingerprint density at radius 2 is 1.84 bits per heavy atom. The fourth-order valence-electron chi connectivity index (χ4n) is 3.66. The number of nitrogens with one attached hydrogen (secondary N) is 2. The number of benzene rings is 1. The zero-order chi connectivity index (χ0) is 23.3. The SMILES string of the molecule is CCCCCC(C(=O)NCNC(=O)c1ccc(-c2ccccc2)o1)C(CC)N(C=O)OC. The monoisotopic (exact) mass is 443 g/mol. The van der Waals surface area contributed by atoms with E-state index in [0.29, 0.717) is 25.0 Å². The molecule has 0 saturated carbocycles. The number of rotatable bonds is 14. The van der Waals surface area contributed by atoms with Gasteiger partial charge in [-0.15, -0.1) is 0 Å². The molecule has 2 unspecified atom stereocenters. The molecule has 2 atom stereocenters. The highest BCUT2D eigenvalue weighted by Gasteiger charge is 2.31. The molecular formula is C24H33N3O5. The van der Waals surface area contributed by atoms with E-state index in [1.54, 1.807) is 12.1 Å². The number of nitrogens with zero attached hydrogens (tertiary/aromatic N) is 1. The molecule has 2 N–H and O–H groups in total. The fourth-order valence-corrected chi connectivity index (χ4v) is 3.66. The van der Waals surface area contributed by atoms with Crippen LogP contribution in [-0.4, -0.2) is 43.1 Å². The summed E-state index contributed by atoms with van der Waals surface area (Å²) in [5.74, 6) is -0.345. The Balaban J connectivity index is 1.95. The third-order valence-electron chi connectivity index (χ3n) is 5.38. The van der Waals surface area contributed by atoms with Crippen LogP contribution in [0.15, 0.2) is 46.9 Å². The third kappa shape index (κ3) is 6.95. The lowest BCUT2D eigenvalue weighted by atomic mass is 9.90. The molecule has 0 bridgehead atoms. The van der Waals surface area contributed by atoms with Crippen molar-refractivity contribution in [2.75, 3.05) is 13.8 Å². The van der Waals surface area contributed by atoms with Crippen LogP contribution in [0.2, 0.25) is 0 Å². The van der Waals surface area contributed by atoms with Crippen LogP contribution >= 0.6 is 0 Å². The minimum absolute atomic E-state index is 0.0478. The molecule has 0 aliphatic heterocycles. The highest BCUT2D eigenvalue weighted by atomic mass is 16.7. The van der Waals surface area contributed by atoms with Gasteiger partial charge in [0, 0.05) is 5.56 Å². The van der Waals surface area contributed by atoms with Crippen molar-refractivity contribution in [3.05, 3.63) is 48.2 Å². The smallest absolute Gasteiger partial charge is 0.288 e. The van der Waals surface area contributed by atoms with Gasteiger partial charge in [0.1, 0.15) is 5.76 Å². The molecule has 32 heavy (non-hydrogen) atoms. The first kappa shape index (κ1) is 25.1. The normalized spacial score (nSPS) is 12.6. The Labute approximate surface area is 189 Å². The van der Waals surface area contributed by atoms with Crippen LogP contribution in [0.25, 0.3) is 11.3 Å². The molecule has 1 aromatic heterocycles. The number of hydroxylamine groups is 2. The summed E-state index contributed by atoms with van der Waals surface area (Å²) in [7, 11) is 1.41. The topological polar surface area (TPSA) is 101 Å². The van der Waals surface area contributed by atoms with Crippen LogP contribution in [0, 0.1) is 5.92 Å². The van der Waals surface area contributed by atoms with Crippen molar-refractivity contribution in [1.82, 2.24) is 15.7 Å². The van der Waals surface area contributed by atoms with Gasteiger partial charge in [0.2, 0.25) is 12.3 Å². The van der Waals surface area contributed by atoms with E-state index in [4.69, 9.17) is 9.25 Å². The van der Waals surface area contributed by atoms with Crippen LogP contribution in [0.3, 0.4) is 0 Å². The minimum atomic E-state index is -0.443. The van der Waals surface area contributed by atoms with Gasteiger partial charge >= 0.3 is 0 Å². The Morgan fingerprint density at radius 1 is 1.09 bits per heavy atom. The lowest BCUT2D eigenvalue weighted by Crippen LogP contribution is -2.48. The molecular weight excluding hydrogens is 410 g/mol. The molecule has 8 heteroatoms. The van der Waals surface area contributed by atoms with E-state index >= 15 is 0 Å². The second-order valence-electron chi connectivity index (χ2n) is 7.48. The summed E-state index contributed by atoms with van der Waals surface area (Å²) in [6.45, 7) is 3.95. The van der Waals surface area contributed by atoms with Crippen LogP contribution in [0.4, 0.5) is 0 Å². The summed E-state index contributed by atoms with van der Waals surface area (Å²) in [4.78, 5) is 41.8. The van der Waals surface area contributed by atoms with Crippen LogP contribution in [-0.2, 0) is 14.4 Å². The molecule has 3 amide bonds. The maximum Gasteiger partial charge on any atom is 0.288 e. The molecule has 1 aromatic carbocycles. The van der Waals surface area contributed by atoms with Gasteiger partial charge in [-0.25, -0.2) is 5.06 Å². The van der Waals surface area contributed by atoms with Crippen LogP contribution in [0.1, 0.15) is 56.5 Å². The number of carbonyl (C=O) groups is 3. The Kier molecular flexibility index (Phi) is 10.5.